The average molecular weight is 218 g/mol. The van der Waals surface area contributed by atoms with E-state index >= 15 is 0 Å². The lowest BCUT2D eigenvalue weighted by molar-refractivity contribution is 0.259. The summed E-state index contributed by atoms with van der Waals surface area (Å²) in [4.78, 5) is 10.6. The van der Waals surface area contributed by atoms with Gasteiger partial charge >= 0.3 is 6.03 Å². The van der Waals surface area contributed by atoms with Crippen molar-refractivity contribution in [2.45, 2.75) is 0 Å². The second-order valence-corrected chi connectivity index (χ2v) is 3.17. The topological polar surface area (TPSA) is 107 Å². The molecule has 0 saturated heterocycles. The van der Waals surface area contributed by atoms with Crippen LogP contribution in [0.5, 0.6) is 0 Å². The molecule has 6 nitrogen and oxygen atoms in total. The van der Waals surface area contributed by atoms with Crippen molar-refractivity contribution < 1.29 is 9.32 Å². The monoisotopic (exact) mass is 218 g/mol. The number of amides is 2. The van der Waals surface area contributed by atoms with Gasteiger partial charge in [-0.05, 0) is 17.7 Å². The molecular weight excluding hydrogens is 208 g/mol. The van der Waals surface area contributed by atoms with Crippen molar-refractivity contribution in [1.29, 1.82) is 0 Å². The second-order valence-electron chi connectivity index (χ2n) is 3.17. The van der Waals surface area contributed by atoms with Gasteiger partial charge in [-0.15, -0.1) is 0 Å². The zero-order chi connectivity index (χ0) is 11.5. The van der Waals surface area contributed by atoms with Crippen molar-refractivity contribution in [2.24, 2.45) is 5.73 Å². The summed E-state index contributed by atoms with van der Waals surface area (Å²) in [6.45, 7) is 0. The predicted octanol–water partition coefficient (Wildman–Crippen LogP) is 1.41. The van der Waals surface area contributed by atoms with Crippen molar-refractivity contribution in [2.75, 3.05) is 11.1 Å². The Labute approximate surface area is 91.2 Å². The maximum Gasteiger partial charge on any atom is 0.316 e. The molecule has 0 saturated carbocycles. The quantitative estimate of drug-likeness (QED) is 0.708. The van der Waals surface area contributed by atoms with E-state index in [9.17, 15) is 4.79 Å². The Bertz CT molecular complexity index is 504. The summed E-state index contributed by atoms with van der Waals surface area (Å²) in [5, 5.41) is 6.04. The van der Waals surface area contributed by atoms with Gasteiger partial charge in [0, 0.05) is 5.69 Å². The molecule has 82 valence electrons. The third-order valence-corrected chi connectivity index (χ3v) is 2.06. The molecule has 2 aromatic rings. The van der Waals surface area contributed by atoms with Crippen LogP contribution in [0, 0.1) is 0 Å². The first-order valence-electron chi connectivity index (χ1n) is 4.54. The minimum absolute atomic E-state index is 0.260. The zero-order valence-electron chi connectivity index (χ0n) is 8.31. The number of carbonyl (C=O) groups excluding carboxylic acids is 1. The van der Waals surface area contributed by atoms with E-state index in [0.29, 0.717) is 11.3 Å². The first kappa shape index (κ1) is 10.0. The maximum absolute atomic E-state index is 10.6. The number of aromatic nitrogens is 1. The molecule has 1 aromatic heterocycles. The van der Waals surface area contributed by atoms with E-state index in [-0.39, 0.29) is 5.88 Å². The van der Waals surface area contributed by atoms with Crippen molar-refractivity contribution in [3.05, 3.63) is 30.5 Å². The number of urea groups is 1. The van der Waals surface area contributed by atoms with E-state index in [1.807, 2.05) is 0 Å². The van der Waals surface area contributed by atoms with Crippen LogP contribution in [0.1, 0.15) is 0 Å². The highest BCUT2D eigenvalue weighted by molar-refractivity contribution is 5.88. The summed E-state index contributed by atoms with van der Waals surface area (Å²) in [7, 11) is 0. The Morgan fingerprint density at radius 3 is 2.50 bits per heavy atom. The van der Waals surface area contributed by atoms with Crippen LogP contribution in [0.4, 0.5) is 16.4 Å². The summed E-state index contributed by atoms with van der Waals surface area (Å²) in [6, 6.07) is 6.40. The van der Waals surface area contributed by atoms with Crippen LogP contribution in [-0.2, 0) is 0 Å². The van der Waals surface area contributed by atoms with Gasteiger partial charge in [0.25, 0.3) is 0 Å². The third-order valence-electron chi connectivity index (χ3n) is 2.06. The lowest BCUT2D eigenvalue weighted by atomic mass is 10.1. The molecule has 16 heavy (non-hydrogen) atoms. The molecule has 0 radical (unpaired) electrons. The van der Waals surface area contributed by atoms with Crippen molar-refractivity contribution in [3.8, 4) is 11.1 Å². The van der Waals surface area contributed by atoms with Gasteiger partial charge in [-0.3, -0.25) is 0 Å². The van der Waals surface area contributed by atoms with Gasteiger partial charge in [-0.2, -0.15) is 0 Å². The molecule has 0 fully saturated rings. The number of nitrogens with one attached hydrogen (secondary N) is 1. The Morgan fingerprint density at radius 1 is 1.31 bits per heavy atom. The summed E-state index contributed by atoms with van der Waals surface area (Å²) in [5.74, 6) is 0.260. The number of anilines is 2. The number of nitrogens with zero attached hydrogens (tertiary/aromatic N) is 1. The van der Waals surface area contributed by atoms with E-state index in [0.717, 1.165) is 5.56 Å². The fourth-order valence-electron chi connectivity index (χ4n) is 1.34. The molecule has 0 spiro atoms. The fourth-order valence-corrected chi connectivity index (χ4v) is 1.34. The van der Waals surface area contributed by atoms with Crippen LogP contribution in [0.3, 0.4) is 0 Å². The standard InChI is InChI=1S/C10H10N4O2/c11-9-8(5-13-16-9)6-1-3-7(4-2-6)14-10(12)15/h1-5H,11H2,(H3,12,14,15). The Kier molecular flexibility index (Phi) is 2.47. The van der Waals surface area contributed by atoms with E-state index < -0.39 is 6.03 Å². The molecule has 0 aliphatic carbocycles. The van der Waals surface area contributed by atoms with Crippen LogP contribution < -0.4 is 16.8 Å². The lowest BCUT2D eigenvalue weighted by Gasteiger charge is -2.02. The minimum atomic E-state index is -0.600. The SMILES string of the molecule is NC(=O)Nc1ccc(-c2cnoc2N)cc1. The summed E-state index contributed by atoms with van der Waals surface area (Å²) < 4.78 is 4.75. The number of nitrogen functional groups attached to an aromatic ring is 1. The number of rotatable bonds is 2. The van der Waals surface area contributed by atoms with Crippen LogP contribution >= 0.6 is 0 Å². The van der Waals surface area contributed by atoms with Crippen LogP contribution in [0.25, 0.3) is 11.1 Å². The summed E-state index contributed by atoms with van der Waals surface area (Å²) in [5.41, 5.74) is 12.7. The Morgan fingerprint density at radius 2 is 2.00 bits per heavy atom. The normalized spacial score (nSPS) is 10.0. The number of hydrogen-bond acceptors (Lipinski definition) is 4. The summed E-state index contributed by atoms with van der Waals surface area (Å²) in [6.07, 6.45) is 1.53. The van der Waals surface area contributed by atoms with Crippen LogP contribution in [0.2, 0.25) is 0 Å². The summed E-state index contributed by atoms with van der Waals surface area (Å²) >= 11 is 0. The molecule has 1 aromatic carbocycles. The molecular formula is C10H10N4O2. The number of primary amides is 1. The maximum atomic E-state index is 10.6. The fraction of sp³-hybridized carbons (Fsp3) is 0. The molecule has 6 heteroatoms. The van der Waals surface area contributed by atoms with Crippen molar-refractivity contribution in [1.82, 2.24) is 5.16 Å². The first-order valence-corrected chi connectivity index (χ1v) is 4.54. The van der Waals surface area contributed by atoms with E-state index in [1.54, 1.807) is 24.3 Å². The van der Waals surface area contributed by atoms with Gasteiger partial charge in [0.2, 0.25) is 5.88 Å². The van der Waals surface area contributed by atoms with Crippen LogP contribution in [0.15, 0.2) is 35.0 Å². The highest BCUT2D eigenvalue weighted by atomic mass is 16.5. The molecule has 5 N–H and O–H groups in total. The number of benzene rings is 1. The third kappa shape index (κ3) is 1.95. The zero-order valence-corrected chi connectivity index (χ0v) is 8.31. The largest absolute Gasteiger partial charge is 0.367 e. The van der Waals surface area contributed by atoms with Crippen molar-refractivity contribution >= 4 is 17.6 Å². The first-order chi connectivity index (χ1) is 7.66. The van der Waals surface area contributed by atoms with Gasteiger partial charge in [0.1, 0.15) is 0 Å². The minimum Gasteiger partial charge on any atom is -0.367 e. The number of nitrogens with two attached hydrogens (primary N) is 2. The molecule has 0 aliphatic rings. The van der Waals surface area contributed by atoms with Gasteiger partial charge in [-0.25, -0.2) is 4.79 Å². The van der Waals surface area contributed by atoms with E-state index in [1.165, 1.54) is 6.20 Å². The number of hydrogen-bond donors (Lipinski definition) is 3. The van der Waals surface area contributed by atoms with Gasteiger partial charge < -0.3 is 21.3 Å². The molecule has 0 aliphatic heterocycles. The van der Waals surface area contributed by atoms with Gasteiger partial charge in [0.05, 0.1) is 11.8 Å². The molecule has 2 rings (SSSR count). The highest BCUT2D eigenvalue weighted by Crippen LogP contribution is 2.26. The predicted molar refractivity (Wildman–Crippen MR) is 59.6 cm³/mol. The van der Waals surface area contributed by atoms with Crippen molar-refractivity contribution in [3.63, 3.8) is 0 Å². The average Bonchev–Trinajstić information content (AvgIpc) is 2.65. The molecule has 2 amide bonds. The van der Waals surface area contributed by atoms with E-state index in [4.69, 9.17) is 16.0 Å². The molecule has 1 heterocycles. The number of carbonyl (C=O) groups is 1. The smallest absolute Gasteiger partial charge is 0.316 e. The van der Waals surface area contributed by atoms with Crippen LogP contribution in [-0.4, -0.2) is 11.2 Å². The lowest BCUT2D eigenvalue weighted by Crippen LogP contribution is -2.19. The van der Waals surface area contributed by atoms with E-state index in [2.05, 4.69) is 10.5 Å². The van der Waals surface area contributed by atoms with Gasteiger partial charge in [-0.1, -0.05) is 17.3 Å². The molecule has 0 unspecified atom stereocenters. The van der Waals surface area contributed by atoms with Gasteiger partial charge in [0.15, 0.2) is 0 Å². The highest BCUT2D eigenvalue weighted by Gasteiger charge is 2.06. The molecule has 0 atom stereocenters. The Hall–Kier alpha value is -2.50. The Balaban J connectivity index is 2.26. The second kappa shape index (κ2) is 3.93. The molecule has 0 bridgehead atoms.